The van der Waals surface area contributed by atoms with Crippen molar-refractivity contribution in [1.29, 1.82) is 0 Å². The van der Waals surface area contributed by atoms with Crippen molar-refractivity contribution in [3.63, 3.8) is 0 Å². The summed E-state index contributed by atoms with van der Waals surface area (Å²) in [5.41, 5.74) is 0.852. The Bertz CT molecular complexity index is 166. The van der Waals surface area contributed by atoms with E-state index in [1.165, 1.54) is 0 Å². The van der Waals surface area contributed by atoms with Crippen LogP contribution in [0.25, 0.3) is 0 Å². The Hall–Kier alpha value is 0.350. The highest BCUT2D eigenvalue weighted by Gasteiger charge is 2.65. The van der Waals surface area contributed by atoms with Crippen molar-refractivity contribution in [3.8, 4) is 0 Å². The second-order valence-electron chi connectivity index (χ2n) is 6.00. The van der Waals surface area contributed by atoms with Gasteiger partial charge in [-0.1, -0.05) is 48.5 Å². The van der Waals surface area contributed by atoms with Crippen LogP contribution in [-0.4, -0.2) is 10.00 Å². The average molecular weight is 186 g/mol. The predicted molar refractivity (Wildman–Crippen MR) is 58.7 cm³/mol. The maximum absolute atomic E-state index is 2.37. The van der Waals surface area contributed by atoms with Crippen molar-refractivity contribution in [2.75, 3.05) is 0 Å². The van der Waals surface area contributed by atoms with Gasteiger partial charge in [-0.2, -0.15) is 0 Å². The Labute approximate surface area is 81.5 Å². The van der Waals surface area contributed by atoms with Gasteiger partial charge in [0.1, 0.15) is 0 Å². The Morgan fingerprint density at radius 1 is 0.917 bits per heavy atom. The SMILES string of the molecule is CC1SC1(C(C)(C)C)C(C)(C)C. The van der Waals surface area contributed by atoms with Crippen molar-refractivity contribution in [2.24, 2.45) is 10.8 Å². The van der Waals surface area contributed by atoms with Gasteiger partial charge in [0.2, 0.25) is 0 Å². The van der Waals surface area contributed by atoms with E-state index in [0.717, 1.165) is 5.25 Å². The summed E-state index contributed by atoms with van der Waals surface area (Å²) in [6.07, 6.45) is 0. The topological polar surface area (TPSA) is 0 Å². The molecule has 0 aliphatic carbocycles. The highest BCUT2D eigenvalue weighted by molar-refractivity contribution is 8.08. The zero-order chi connectivity index (χ0) is 9.78. The molecule has 72 valence electrons. The van der Waals surface area contributed by atoms with Crippen LogP contribution >= 0.6 is 11.8 Å². The van der Waals surface area contributed by atoms with Crippen LogP contribution in [0.4, 0.5) is 0 Å². The molecule has 1 saturated heterocycles. The van der Waals surface area contributed by atoms with E-state index < -0.39 is 0 Å². The second-order valence-corrected chi connectivity index (χ2v) is 7.58. The normalized spacial score (nSPS) is 28.8. The fraction of sp³-hybridized carbons (Fsp3) is 1.00. The van der Waals surface area contributed by atoms with Crippen LogP contribution in [0, 0.1) is 10.8 Å². The minimum Gasteiger partial charge on any atom is -0.148 e. The zero-order valence-corrected chi connectivity index (χ0v) is 10.3. The van der Waals surface area contributed by atoms with Gasteiger partial charge >= 0.3 is 0 Å². The molecule has 0 radical (unpaired) electrons. The molecular formula is C11H22S. The average Bonchev–Trinajstić information content (AvgIpc) is 2.36. The predicted octanol–water partition coefficient (Wildman–Crippen LogP) is 3.95. The lowest BCUT2D eigenvalue weighted by Crippen LogP contribution is -2.42. The van der Waals surface area contributed by atoms with Crippen LogP contribution in [0.1, 0.15) is 48.5 Å². The lowest BCUT2D eigenvalue weighted by atomic mass is 9.65. The second kappa shape index (κ2) is 2.43. The number of rotatable bonds is 0. The van der Waals surface area contributed by atoms with Gasteiger partial charge < -0.3 is 0 Å². The standard InChI is InChI=1S/C11H22S/c1-8-11(12-8,9(2,3)4)10(5,6)7/h8H,1-7H3. The van der Waals surface area contributed by atoms with Crippen LogP contribution in [0.15, 0.2) is 0 Å². The van der Waals surface area contributed by atoms with Crippen LogP contribution in [-0.2, 0) is 0 Å². The molecule has 0 aromatic carbocycles. The Balaban J connectivity index is 2.96. The first kappa shape index (κ1) is 10.4. The van der Waals surface area contributed by atoms with Crippen LogP contribution in [0.3, 0.4) is 0 Å². The highest BCUT2D eigenvalue weighted by atomic mass is 32.2. The smallest absolute Gasteiger partial charge is 0.0375 e. The van der Waals surface area contributed by atoms with E-state index in [0.29, 0.717) is 15.6 Å². The van der Waals surface area contributed by atoms with Gasteiger partial charge in [-0.25, -0.2) is 0 Å². The summed E-state index contributed by atoms with van der Waals surface area (Å²) in [5, 5.41) is 0.831. The van der Waals surface area contributed by atoms with Crippen molar-refractivity contribution in [2.45, 2.75) is 58.5 Å². The van der Waals surface area contributed by atoms with Crippen molar-refractivity contribution in [3.05, 3.63) is 0 Å². The van der Waals surface area contributed by atoms with Crippen molar-refractivity contribution in [1.82, 2.24) is 0 Å². The van der Waals surface area contributed by atoms with Gasteiger partial charge in [0.15, 0.2) is 0 Å². The van der Waals surface area contributed by atoms with E-state index in [-0.39, 0.29) is 0 Å². The molecule has 0 aromatic heterocycles. The van der Waals surface area contributed by atoms with Gasteiger partial charge in [0.25, 0.3) is 0 Å². The van der Waals surface area contributed by atoms with Crippen molar-refractivity contribution >= 4 is 11.8 Å². The molecule has 0 saturated carbocycles. The van der Waals surface area contributed by atoms with Gasteiger partial charge in [0.05, 0.1) is 0 Å². The van der Waals surface area contributed by atoms with Gasteiger partial charge in [0, 0.05) is 10.00 Å². The fourth-order valence-electron chi connectivity index (χ4n) is 2.94. The molecule has 0 spiro atoms. The summed E-state index contributed by atoms with van der Waals surface area (Å²) < 4.78 is 0.500. The molecule has 12 heavy (non-hydrogen) atoms. The Morgan fingerprint density at radius 2 is 1.17 bits per heavy atom. The van der Waals surface area contributed by atoms with Gasteiger partial charge in [-0.15, -0.1) is 11.8 Å². The maximum atomic E-state index is 2.37. The molecule has 1 aliphatic heterocycles. The molecule has 0 N–H and O–H groups in total. The molecule has 0 aromatic rings. The van der Waals surface area contributed by atoms with Crippen LogP contribution in [0.5, 0.6) is 0 Å². The molecule has 0 nitrogen and oxygen atoms in total. The molecular weight excluding hydrogens is 164 g/mol. The molecule has 1 unspecified atom stereocenters. The lowest BCUT2D eigenvalue weighted by molar-refractivity contribution is 0.173. The Kier molecular flexibility index (Phi) is 2.12. The molecule has 1 rings (SSSR count). The zero-order valence-electron chi connectivity index (χ0n) is 9.49. The largest absolute Gasteiger partial charge is 0.148 e. The van der Waals surface area contributed by atoms with E-state index in [9.17, 15) is 0 Å². The van der Waals surface area contributed by atoms with E-state index in [1.54, 1.807) is 0 Å². The lowest BCUT2D eigenvalue weighted by Gasteiger charge is -2.41. The maximum Gasteiger partial charge on any atom is 0.0375 e. The third-order valence-electron chi connectivity index (χ3n) is 3.11. The highest BCUT2D eigenvalue weighted by Crippen LogP contribution is 2.70. The molecule has 1 fully saturated rings. The third kappa shape index (κ3) is 1.21. The first-order chi connectivity index (χ1) is 5.13. The molecule has 0 bridgehead atoms. The van der Waals surface area contributed by atoms with Gasteiger partial charge in [-0.05, 0) is 10.8 Å². The van der Waals surface area contributed by atoms with E-state index in [4.69, 9.17) is 0 Å². The van der Waals surface area contributed by atoms with Crippen LogP contribution in [0.2, 0.25) is 0 Å². The van der Waals surface area contributed by atoms with Crippen molar-refractivity contribution < 1.29 is 0 Å². The summed E-state index contributed by atoms with van der Waals surface area (Å²) in [6, 6.07) is 0. The van der Waals surface area contributed by atoms with E-state index >= 15 is 0 Å². The third-order valence-corrected chi connectivity index (χ3v) is 5.51. The minimum absolute atomic E-state index is 0.426. The molecule has 1 aliphatic rings. The first-order valence-corrected chi connectivity index (χ1v) is 5.69. The monoisotopic (exact) mass is 186 g/mol. The fourth-order valence-corrected chi connectivity index (χ4v) is 4.85. The molecule has 1 atom stereocenters. The van der Waals surface area contributed by atoms with E-state index in [1.807, 2.05) is 0 Å². The first-order valence-electron chi connectivity index (χ1n) is 4.81. The number of hydrogen-bond acceptors (Lipinski definition) is 1. The summed E-state index contributed by atoms with van der Waals surface area (Å²) in [6.45, 7) is 16.6. The van der Waals surface area contributed by atoms with Gasteiger partial charge in [-0.3, -0.25) is 0 Å². The molecule has 0 amide bonds. The summed E-state index contributed by atoms with van der Waals surface area (Å²) in [5.74, 6) is 0. The summed E-state index contributed by atoms with van der Waals surface area (Å²) in [4.78, 5) is 0. The number of hydrogen-bond donors (Lipinski definition) is 0. The quantitative estimate of drug-likeness (QED) is 0.516. The molecule has 1 heterocycles. The van der Waals surface area contributed by atoms with E-state index in [2.05, 4.69) is 60.2 Å². The summed E-state index contributed by atoms with van der Waals surface area (Å²) in [7, 11) is 0. The molecule has 1 heteroatoms. The summed E-state index contributed by atoms with van der Waals surface area (Å²) >= 11 is 2.15. The minimum atomic E-state index is 0.426. The Morgan fingerprint density at radius 3 is 1.17 bits per heavy atom. The number of thioether (sulfide) groups is 1. The van der Waals surface area contributed by atoms with Crippen LogP contribution < -0.4 is 0 Å².